The molecule has 0 amide bonds. The molecule has 0 aliphatic carbocycles. The molecule has 2 aromatic rings. The molecule has 3 nitrogen and oxygen atoms in total. The van der Waals surface area contributed by atoms with Gasteiger partial charge in [0.25, 0.3) is 0 Å². The van der Waals surface area contributed by atoms with E-state index in [-0.39, 0.29) is 5.82 Å². The monoisotopic (exact) mass is 328 g/mol. The van der Waals surface area contributed by atoms with Crippen LogP contribution in [-0.4, -0.2) is 40.2 Å². The van der Waals surface area contributed by atoms with Crippen molar-refractivity contribution >= 4 is 21.1 Å². The Kier molecular flexibility index (Phi) is 7.36. The second-order valence-electron chi connectivity index (χ2n) is 5.60. The molecule has 126 valence electrons. The van der Waals surface area contributed by atoms with Crippen LogP contribution in [-0.2, 0) is 11.5 Å². The van der Waals surface area contributed by atoms with Gasteiger partial charge < -0.3 is 9.30 Å². The summed E-state index contributed by atoms with van der Waals surface area (Å²) in [5.41, 5.74) is 2.68. The SMILES string of the molecule is CC.CCS(C)(C)CCOCn1cc(C)c2ncc(F)cc21. The molecule has 0 saturated carbocycles. The summed E-state index contributed by atoms with van der Waals surface area (Å²) in [5.74, 6) is 2.01. The smallest absolute Gasteiger partial charge is 0.143 e. The van der Waals surface area contributed by atoms with E-state index in [9.17, 15) is 4.39 Å². The molecular weight excluding hydrogens is 299 g/mol. The number of nitrogens with zero attached hydrogens (tertiary/aromatic N) is 2. The summed E-state index contributed by atoms with van der Waals surface area (Å²) >= 11 is 0. The lowest BCUT2D eigenvalue weighted by molar-refractivity contribution is 0.0926. The fourth-order valence-electron chi connectivity index (χ4n) is 2.01. The molecular formula is C17H29FN2OS. The number of aryl methyl sites for hydroxylation is 1. The van der Waals surface area contributed by atoms with Gasteiger partial charge in [0.2, 0.25) is 0 Å². The van der Waals surface area contributed by atoms with Crippen LogP contribution in [0.25, 0.3) is 11.0 Å². The van der Waals surface area contributed by atoms with Crippen LogP contribution < -0.4 is 0 Å². The van der Waals surface area contributed by atoms with Crippen LogP contribution in [0.4, 0.5) is 4.39 Å². The zero-order valence-electron chi connectivity index (χ0n) is 14.6. The molecule has 22 heavy (non-hydrogen) atoms. The van der Waals surface area contributed by atoms with Crippen LogP contribution >= 0.6 is 10.0 Å². The second kappa shape index (κ2) is 8.53. The summed E-state index contributed by atoms with van der Waals surface area (Å²) in [4.78, 5) is 4.13. The first-order valence-electron chi connectivity index (χ1n) is 7.80. The summed E-state index contributed by atoms with van der Waals surface area (Å²) in [7, 11) is -0.525. The Bertz CT molecular complexity index is 596. The van der Waals surface area contributed by atoms with Gasteiger partial charge in [0, 0.05) is 18.0 Å². The molecule has 0 spiro atoms. The van der Waals surface area contributed by atoms with Crippen LogP contribution in [0.1, 0.15) is 26.3 Å². The van der Waals surface area contributed by atoms with Crippen molar-refractivity contribution in [2.45, 2.75) is 34.4 Å². The lowest BCUT2D eigenvalue weighted by atomic mass is 10.3. The Morgan fingerprint density at radius 1 is 1.32 bits per heavy atom. The minimum Gasteiger partial charge on any atom is -0.360 e. The van der Waals surface area contributed by atoms with Crippen molar-refractivity contribution in [3.8, 4) is 0 Å². The predicted octanol–water partition coefficient (Wildman–Crippen LogP) is 4.57. The molecule has 0 aromatic carbocycles. The topological polar surface area (TPSA) is 27.1 Å². The molecule has 0 fully saturated rings. The standard InChI is InChI=1S/C15H23FN2OS.C2H6/c1-5-20(3,4)7-6-19-11-18-10-12(2)15-14(18)8-13(16)9-17-15;1-2/h8-10H,5-7,11H2,1-4H3;1-2H3. The van der Waals surface area contributed by atoms with E-state index in [1.807, 2.05) is 31.5 Å². The van der Waals surface area contributed by atoms with Crippen molar-refractivity contribution in [1.29, 1.82) is 0 Å². The normalized spacial score (nSPS) is 12.1. The maximum absolute atomic E-state index is 13.3. The van der Waals surface area contributed by atoms with Gasteiger partial charge in [-0.15, -0.1) is 0 Å². The Morgan fingerprint density at radius 2 is 2.00 bits per heavy atom. The van der Waals surface area contributed by atoms with Gasteiger partial charge in [0.15, 0.2) is 0 Å². The zero-order chi connectivity index (χ0) is 16.8. The fourth-order valence-corrected chi connectivity index (χ4v) is 2.87. The average Bonchev–Trinajstić information content (AvgIpc) is 2.81. The molecule has 2 heterocycles. The van der Waals surface area contributed by atoms with E-state index in [2.05, 4.69) is 24.4 Å². The zero-order valence-corrected chi connectivity index (χ0v) is 15.5. The Balaban J connectivity index is 0.00000116. The largest absolute Gasteiger partial charge is 0.360 e. The molecule has 0 N–H and O–H groups in total. The highest BCUT2D eigenvalue weighted by molar-refractivity contribution is 8.32. The number of hydrogen-bond donors (Lipinski definition) is 0. The van der Waals surface area contributed by atoms with Crippen molar-refractivity contribution < 1.29 is 9.13 Å². The molecule has 0 unspecified atom stereocenters. The summed E-state index contributed by atoms with van der Waals surface area (Å²) in [6.45, 7) is 9.41. The Hall–Kier alpha value is -1.07. The van der Waals surface area contributed by atoms with E-state index in [0.717, 1.165) is 29.0 Å². The molecule has 0 saturated heterocycles. The lowest BCUT2D eigenvalue weighted by Gasteiger charge is -2.29. The summed E-state index contributed by atoms with van der Waals surface area (Å²) < 4.78 is 21.0. The first-order valence-corrected chi connectivity index (χ1v) is 10.6. The van der Waals surface area contributed by atoms with E-state index in [4.69, 9.17) is 4.74 Å². The van der Waals surface area contributed by atoms with E-state index in [0.29, 0.717) is 6.73 Å². The average molecular weight is 328 g/mol. The third-order valence-electron chi connectivity index (χ3n) is 3.66. The van der Waals surface area contributed by atoms with Crippen molar-refractivity contribution in [1.82, 2.24) is 9.55 Å². The minimum atomic E-state index is -0.525. The number of pyridine rings is 1. The van der Waals surface area contributed by atoms with Crippen molar-refractivity contribution in [3.63, 3.8) is 0 Å². The van der Waals surface area contributed by atoms with Crippen molar-refractivity contribution in [3.05, 3.63) is 29.8 Å². The highest BCUT2D eigenvalue weighted by Gasteiger charge is 2.10. The van der Waals surface area contributed by atoms with E-state index >= 15 is 0 Å². The van der Waals surface area contributed by atoms with Gasteiger partial charge in [0.05, 0.1) is 23.8 Å². The molecule has 2 rings (SSSR count). The van der Waals surface area contributed by atoms with Crippen molar-refractivity contribution in [2.75, 3.05) is 30.6 Å². The van der Waals surface area contributed by atoms with Gasteiger partial charge in [-0.1, -0.05) is 20.8 Å². The molecule has 0 aliphatic rings. The fraction of sp³-hybridized carbons (Fsp3) is 0.588. The van der Waals surface area contributed by atoms with E-state index in [1.165, 1.54) is 18.0 Å². The maximum atomic E-state index is 13.3. The Labute approximate surface area is 135 Å². The number of hydrogen-bond acceptors (Lipinski definition) is 2. The van der Waals surface area contributed by atoms with Gasteiger partial charge in [-0.05, 0) is 30.8 Å². The second-order valence-corrected chi connectivity index (χ2v) is 10.1. The predicted molar refractivity (Wildman–Crippen MR) is 96.6 cm³/mol. The maximum Gasteiger partial charge on any atom is 0.143 e. The first kappa shape index (κ1) is 19.0. The molecule has 0 atom stereocenters. The van der Waals surface area contributed by atoms with Crippen LogP contribution in [0.5, 0.6) is 0 Å². The van der Waals surface area contributed by atoms with Gasteiger partial charge in [-0.2, -0.15) is 0 Å². The number of aromatic nitrogens is 2. The van der Waals surface area contributed by atoms with Crippen LogP contribution in [0.2, 0.25) is 0 Å². The molecule has 2 aromatic heterocycles. The number of halogens is 1. The molecule has 0 aliphatic heterocycles. The van der Waals surface area contributed by atoms with Gasteiger partial charge in [-0.25, -0.2) is 14.4 Å². The quantitative estimate of drug-likeness (QED) is 0.726. The third-order valence-corrected chi connectivity index (χ3v) is 6.49. The molecule has 0 bridgehead atoms. The van der Waals surface area contributed by atoms with Gasteiger partial charge in [-0.3, -0.25) is 4.98 Å². The highest BCUT2D eigenvalue weighted by Crippen LogP contribution is 2.38. The highest BCUT2D eigenvalue weighted by atomic mass is 32.3. The summed E-state index contributed by atoms with van der Waals surface area (Å²) in [6.07, 6.45) is 7.87. The van der Waals surface area contributed by atoms with Gasteiger partial charge >= 0.3 is 0 Å². The van der Waals surface area contributed by atoms with Crippen LogP contribution in [0, 0.1) is 12.7 Å². The van der Waals surface area contributed by atoms with E-state index in [1.54, 1.807) is 0 Å². The molecule has 0 radical (unpaired) electrons. The van der Waals surface area contributed by atoms with Crippen LogP contribution in [0.3, 0.4) is 0 Å². The van der Waals surface area contributed by atoms with Crippen molar-refractivity contribution in [2.24, 2.45) is 0 Å². The summed E-state index contributed by atoms with van der Waals surface area (Å²) in [5, 5.41) is 0. The van der Waals surface area contributed by atoms with E-state index < -0.39 is 10.0 Å². The third kappa shape index (κ3) is 4.99. The Morgan fingerprint density at radius 3 is 2.64 bits per heavy atom. The van der Waals surface area contributed by atoms with Gasteiger partial charge in [0.1, 0.15) is 12.5 Å². The summed E-state index contributed by atoms with van der Waals surface area (Å²) in [6, 6.07) is 1.51. The number of rotatable bonds is 6. The number of fused-ring (bicyclic) bond motifs is 1. The van der Waals surface area contributed by atoms with Crippen LogP contribution in [0.15, 0.2) is 18.5 Å². The lowest BCUT2D eigenvalue weighted by Crippen LogP contribution is -2.11. The molecule has 5 heteroatoms. The first-order chi connectivity index (χ1) is 10.4. The minimum absolute atomic E-state index is 0.312. The number of ether oxygens (including phenoxy) is 1.